The highest BCUT2D eigenvalue weighted by atomic mass is 16.7. The van der Waals surface area contributed by atoms with Crippen LogP contribution in [0.3, 0.4) is 0 Å². The molecule has 0 aromatic heterocycles. The number of hydrogen-bond donors (Lipinski definition) is 1. The molecule has 0 radical (unpaired) electrons. The fraction of sp³-hybridized carbons (Fsp3) is 0.0952. The molecule has 0 atom stereocenters. The summed E-state index contributed by atoms with van der Waals surface area (Å²) in [5.41, 5.74) is 3.40. The summed E-state index contributed by atoms with van der Waals surface area (Å²) in [7, 11) is 2.01. The lowest BCUT2D eigenvalue weighted by Gasteiger charge is -2.19. The lowest BCUT2D eigenvalue weighted by Crippen LogP contribution is -2.12. The fourth-order valence-electron chi connectivity index (χ4n) is 2.81. The van der Waals surface area contributed by atoms with E-state index in [9.17, 15) is 4.79 Å². The number of nitrogens with zero attached hydrogens (tertiary/aromatic N) is 1. The van der Waals surface area contributed by atoms with Crippen LogP contribution in [0.15, 0.2) is 72.8 Å². The lowest BCUT2D eigenvalue weighted by molar-refractivity contribution is 0.102. The van der Waals surface area contributed by atoms with Gasteiger partial charge in [-0.2, -0.15) is 0 Å². The maximum absolute atomic E-state index is 12.4. The second-order valence-corrected chi connectivity index (χ2v) is 5.96. The van der Waals surface area contributed by atoms with Gasteiger partial charge >= 0.3 is 0 Å². The third-order valence-corrected chi connectivity index (χ3v) is 4.29. The Hall–Kier alpha value is -3.47. The van der Waals surface area contributed by atoms with Gasteiger partial charge in [0.2, 0.25) is 6.79 Å². The quantitative estimate of drug-likeness (QED) is 0.759. The van der Waals surface area contributed by atoms with Gasteiger partial charge in [-0.15, -0.1) is 0 Å². The largest absolute Gasteiger partial charge is 0.454 e. The summed E-state index contributed by atoms with van der Waals surface area (Å²) in [5.74, 6) is 1.07. The van der Waals surface area contributed by atoms with E-state index in [0.717, 1.165) is 17.1 Å². The van der Waals surface area contributed by atoms with E-state index in [4.69, 9.17) is 9.47 Å². The zero-order chi connectivity index (χ0) is 17.9. The summed E-state index contributed by atoms with van der Waals surface area (Å²) in [4.78, 5) is 14.5. The van der Waals surface area contributed by atoms with Gasteiger partial charge in [0.15, 0.2) is 11.5 Å². The van der Waals surface area contributed by atoms with Crippen LogP contribution in [0.1, 0.15) is 10.4 Å². The van der Waals surface area contributed by atoms with Gasteiger partial charge in [-0.25, -0.2) is 0 Å². The predicted molar refractivity (Wildman–Crippen MR) is 101 cm³/mol. The summed E-state index contributed by atoms with van der Waals surface area (Å²) in [6.45, 7) is 0.191. The zero-order valence-electron chi connectivity index (χ0n) is 14.3. The van der Waals surface area contributed by atoms with Crippen molar-refractivity contribution in [2.45, 2.75) is 0 Å². The number of para-hydroxylation sites is 1. The molecule has 0 unspecified atom stereocenters. The van der Waals surface area contributed by atoms with E-state index < -0.39 is 0 Å². The van der Waals surface area contributed by atoms with Gasteiger partial charge in [0, 0.05) is 29.7 Å². The minimum Gasteiger partial charge on any atom is -0.454 e. The number of carbonyl (C=O) groups excluding carboxylic acids is 1. The number of benzene rings is 3. The summed E-state index contributed by atoms with van der Waals surface area (Å²) in [6.07, 6.45) is 0. The number of fused-ring (bicyclic) bond motifs is 1. The third kappa shape index (κ3) is 3.19. The predicted octanol–water partition coefficient (Wildman–Crippen LogP) is 4.44. The standard InChI is InChI=1S/C21H18N2O3/c1-23(17-5-3-2-4-6-17)18-10-8-16(9-11-18)22-21(24)15-7-12-19-20(13-15)26-14-25-19/h2-13H,14H2,1H3,(H,22,24). The second-order valence-electron chi connectivity index (χ2n) is 5.96. The topological polar surface area (TPSA) is 50.8 Å². The Kier molecular flexibility index (Phi) is 4.19. The molecule has 1 aliphatic heterocycles. The fourth-order valence-corrected chi connectivity index (χ4v) is 2.81. The third-order valence-electron chi connectivity index (χ3n) is 4.29. The molecule has 0 aliphatic carbocycles. The van der Waals surface area contributed by atoms with Gasteiger partial charge in [0.25, 0.3) is 5.91 Å². The molecule has 5 nitrogen and oxygen atoms in total. The molecule has 130 valence electrons. The molecular weight excluding hydrogens is 328 g/mol. The Balaban J connectivity index is 1.46. The first kappa shape index (κ1) is 16.0. The van der Waals surface area contributed by atoms with Crippen molar-refractivity contribution in [2.75, 3.05) is 24.1 Å². The van der Waals surface area contributed by atoms with Crippen LogP contribution in [-0.2, 0) is 0 Å². The molecule has 1 N–H and O–H groups in total. The van der Waals surface area contributed by atoms with Gasteiger partial charge in [0.1, 0.15) is 0 Å². The molecule has 1 aliphatic rings. The number of nitrogens with one attached hydrogen (secondary N) is 1. The van der Waals surface area contributed by atoms with Gasteiger partial charge < -0.3 is 19.7 Å². The SMILES string of the molecule is CN(c1ccccc1)c1ccc(NC(=O)c2ccc3c(c2)OCO3)cc1. The normalized spacial score (nSPS) is 11.9. The van der Waals surface area contributed by atoms with Crippen molar-refractivity contribution in [3.63, 3.8) is 0 Å². The number of hydrogen-bond acceptors (Lipinski definition) is 4. The van der Waals surface area contributed by atoms with Crippen molar-refractivity contribution in [1.29, 1.82) is 0 Å². The minimum absolute atomic E-state index is 0.188. The van der Waals surface area contributed by atoms with Crippen LogP contribution in [0.4, 0.5) is 17.1 Å². The first-order chi connectivity index (χ1) is 12.7. The van der Waals surface area contributed by atoms with E-state index >= 15 is 0 Å². The highest BCUT2D eigenvalue weighted by molar-refractivity contribution is 6.04. The molecule has 0 spiro atoms. The Bertz CT molecular complexity index is 924. The average Bonchev–Trinajstić information content (AvgIpc) is 3.16. The first-order valence-corrected chi connectivity index (χ1v) is 8.30. The highest BCUT2D eigenvalue weighted by Gasteiger charge is 2.16. The van der Waals surface area contributed by atoms with Gasteiger partial charge in [-0.05, 0) is 54.6 Å². The van der Waals surface area contributed by atoms with Gasteiger partial charge in [0.05, 0.1) is 0 Å². The molecule has 0 bridgehead atoms. The molecule has 1 heterocycles. The molecule has 26 heavy (non-hydrogen) atoms. The van der Waals surface area contributed by atoms with Crippen LogP contribution in [0.25, 0.3) is 0 Å². The van der Waals surface area contributed by atoms with E-state index in [2.05, 4.69) is 22.3 Å². The lowest BCUT2D eigenvalue weighted by atomic mass is 10.1. The number of carbonyl (C=O) groups is 1. The molecule has 1 amide bonds. The highest BCUT2D eigenvalue weighted by Crippen LogP contribution is 2.32. The van der Waals surface area contributed by atoms with E-state index in [-0.39, 0.29) is 12.7 Å². The van der Waals surface area contributed by atoms with Crippen LogP contribution in [-0.4, -0.2) is 19.7 Å². The summed E-state index contributed by atoms with van der Waals surface area (Å²) in [5, 5.41) is 2.90. The molecule has 0 fully saturated rings. The number of anilines is 3. The van der Waals surface area contributed by atoms with Crippen LogP contribution in [0.2, 0.25) is 0 Å². The smallest absolute Gasteiger partial charge is 0.255 e. The molecule has 3 aromatic rings. The average molecular weight is 346 g/mol. The second kappa shape index (κ2) is 6.80. The van der Waals surface area contributed by atoms with E-state index in [1.165, 1.54) is 0 Å². The summed E-state index contributed by atoms with van der Waals surface area (Å²) in [6, 6.07) is 23.0. The van der Waals surface area contributed by atoms with Crippen LogP contribution in [0, 0.1) is 0 Å². The van der Waals surface area contributed by atoms with Gasteiger partial charge in [-0.1, -0.05) is 18.2 Å². The van der Waals surface area contributed by atoms with Crippen LogP contribution < -0.4 is 19.7 Å². The van der Waals surface area contributed by atoms with Crippen LogP contribution in [0.5, 0.6) is 11.5 Å². The Morgan fingerprint density at radius 1 is 0.885 bits per heavy atom. The van der Waals surface area contributed by atoms with Crippen molar-refractivity contribution in [3.8, 4) is 11.5 Å². The van der Waals surface area contributed by atoms with Gasteiger partial charge in [-0.3, -0.25) is 4.79 Å². The zero-order valence-corrected chi connectivity index (χ0v) is 14.3. The van der Waals surface area contributed by atoms with E-state index in [1.54, 1.807) is 18.2 Å². The number of amides is 1. The van der Waals surface area contributed by atoms with E-state index in [0.29, 0.717) is 17.1 Å². The summed E-state index contributed by atoms with van der Waals surface area (Å²) < 4.78 is 10.6. The molecule has 0 saturated heterocycles. The van der Waals surface area contributed by atoms with Crippen molar-refractivity contribution < 1.29 is 14.3 Å². The van der Waals surface area contributed by atoms with Crippen molar-refractivity contribution in [3.05, 3.63) is 78.4 Å². The first-order valence-electron chi connectivity index (χ1n) is 8.30. The number of rotatable bonds is 4. The van der Waals surface area contributed by atoms with Crippen molar-refractivity contribution in [1.82, 2.24) is 0 Å². The molecule has 0 saturated carbocycles. The maximum atomic E-state index is 12.4. The van der Waals surface area contributed by atoms with Crippen molar-refractivity contribution >= 4 is 23.0 Å². The molecule has 3 aromatic carbocycles. The Labute approximate surface area is 151 Å². The monoisotopic (exact) mass is 346 g/mol. The van der Waals surface area contributed by atoms with E-state index in [1.807, 2.05) is 49.5 Å². The molecule has 5 heteroatoms. The maximum Gasteiger partial charge on any atom is 0.255 e. The van der Waals surface area contributed by atoms with Crippen molar-refractivity contribution in [2.24, 2.45) is 0 Å². The summed E-state index contributed by atoms with van der Waals surface area (Å²) >= 11 is 0. The number of ether oxygens (including phenoxy) is 2. The Morgan fingerprint density at radius 3 is 2.35 bits per heavy atom. The molecular formula is C21H18N2O3. The van der Waals surface area contributed by atoms with Crippen LogP contribution >= 0.6 is 0 Å². The molecule has 4 rings (SSSR count). The minimum atomic E-state index is -0.188. The Morgan fingerprint density at radius 2 is 1.58 bits per heavy atom.